The van der Waals surface area contributed by atoms with E-state index < -0.39 is 0 Å². The number of aromatic nitrogens is 7. The number of fused-ring (bicyclic) bond motifs is 3. The molecule has 0 radical (unpaired) electrons. The van der Waals surface area contributed by atoms with E-state index >= 15 is 0 Å². The summed E-state index contributed by atoms with van der Waals surface area (Å²) in [6.45, 7) is 0. The van der Waals surface area contributed by atoms with Gasteiger partial charge in [0.2, 0.25) is 5.95 Å². The van der Waals surface area contributed by atoms with E-state index in [0.29, 0.717) is 35.1 Å². The molecule has 0 spiro atoms. The van der Waals surface area contributed by atoms with Gasteiger partial charge in [0.25, 0.3) is 0 Å². The van der Waals surface area contributed by atoms with E-state index in [-0.39, 0.29) is 0 Å². The molecule has 0 unspecified atom stereocenters. The fourth-order valence-electron chi connectivity index (χ4n) is 6.25. The lowest BCUT2D eigenvalue weighted by Crippen LogP contribution is -2.06. The Hall–Kier alpha value is -6.86. The summed E-state index contributed by atoms with van der Waals surface area (Å²) in [7, 11) is 0. The lowest BCUT2D eigenvalue weighted by Gasteiger charge is -2.11. The van der Waals surface area contributed by atoms with Crippen molar-refractivity contribution >= 4 is 21.8 Å². The molecule has 7 nitrogen and oxygen atoms in total. The first-order valence-electron chi connectivity index (χ1n) is 16.1. The van der Waals surface area contributed by atoms with Crippen LogP contribution in [0.1, 0.15) is 0 Å². The van der Waals surface area contributed by atoms with Crippen molar-refractivity contribution in [3.63, 3.8) is 0 Å². The van der Waals surface area contributed by atoms with Crippen LogP contribution < -0.4 is 0 Å². The van der Waals surface area contributed by atoms with Crippen LogP contribution in [0, 0.1) is 0 Å². The van der Waals surface area contributed by atoms with Crippen molar-refractivity contribution in [2.75, 3.05) is 0 Å². The van der Waals surface area contributed by atoms with Gasteiger partial charge in [-0.3, -0.25) is 4.57 Å². The second-order valence-electron chi connectivity index (χ2n) is 11.6. The third-order valence-electron chi connectivity index (χ3n) is 8.53. The van der Waals surface area contributed by atoms with Crippen molar-refractivity contribution in [3.8, 4) is 62.9 Å². The molecule has 0 saturated heterocycles. The van der Waals surface area contributed by atoms with Crippen molar-refractivity contribution in [2.45, 2.75) is 0 Å². The molecule has 0 fully saturated rings. The third kappa shape index (κ3) is 5.20. The molecule has 0 N–H and O–H groups in total. The molecule has 3 heterocycles. The van der Waals surface area contributed by atoms with Crippen LogP contribution in [-0.2, 0) is 0 Å². The van der Waals surface area contributed by atoms with Crippen molar-refractivity contribution in [1.29, 1.82) is 0 Å². The summed E-state index contributed by atoms with van der Waals surface area (Å²) in [5, 5.41) is 2.05. The monoisotopic (exact) mass is 629 g/mol. The minimum atomic E-state index is 0.529. The van der Waals surface area contributed by atoms with E-state index in [1.807, 2.05) is 133 Å². The van der Waals surface area contributed by atoms with Gasteiger partial charge < -0.3 is 0 Å². The molecule has 0 aliphatic carbocycles. The van der Waals surface area contributed by atoms with E-state index in [1.54, 1.807) is 0 Å². The van der Waals surface area contributed by atoms with Crippen molar-refractivity contribution in [2.24, 2.45) is 0 Å². The van der Waals surface area contributed by atoms with Gasteiger partial charge in [0, 0.05) is 38.6 Å². The molecule has 7 heteroatoms. The summed E-state index contributed by atoms with van der Waals surface area (Å²) in [5.74, 6) is 3.55. The van der Waals surface area contributed by atoms with Crippen molar-refractivity contribution in [1.82, 2.24) is 34.5 Å². The maximum absolute atomic E-state index is 5.08. The molecule has 49 heavy (non-hydrogen) atoms. The molecule has 9 aromatic rings. The van der Waals surface area contributed by atoms with Crippen LogP contribution in [0.5, 0.6) is 0 Å². The summed E-state index contributed by atoms with van der Waals surface area (Å²) in [6, 6.07) is 54.7. The molecule has 0 bridgehead atoms. The molecular weight excluding hydrogens is 603 g/mol. The van der Waals surface area contributed by atoms with Gasteiger partial charge in [-0.05, 0) is 12.1 Å². The van der Waals surface area contributed by atoms with Gasteiger partial charge >= 0.3 is 0 Å². The van der Waals surface area contributed by atoms with Crippen LogP contribution in [0.15, 0.2) is 164 Å². The fourth-order valence-corrected chi connectivity index (χ4v) is 6.25. The topological polar surface area (TPSA) is 82.3 Å². The maximum Gasteiger partial charge on any atom is 0.238 e. The van der Waals surface area contributed by atoms with E-state index in [0.717, 1.165) is 49.6 Å². The number of rotatable bonds is 6. The average molecular weight is 630 g/mol. The summed E-state index contributed by atoms with van der Waals surface area (Å²) in [4.78, 5) is 30.1. The molecule has 0 amide bonds. The lowest BCUT2D eigenvalue weighted by molar-refractivity contribution is 0.953. The zero-order valence-corrected chi connectivity index (χ0v) is 26.2. The Labute approximate surface area is 282 Å². The van der Waals surface area contributed by atoms with Gasteiger partial charge in [0.05, 0.1) is 11.0 Å². The van der Waals surface area contributed by atoms with Crippen LogP contribution in [-0.4, -0.2) is 34.5 Å². The van der Waals surface area contributed by atoms with Crippen molar-refractivity contribution < 1.29 is 0 Å². The first-order chi connectivity index (χ1) is 24.3. The average Bonchev–Trinajstić information content (AvgIpc) is 3.53. The van der Waals surface area contributed by atoms with E-state index in [1.165, 1.54) is 0 Å². The number of hydrogen-bond acceptors (Lipinski definition) is 6. The van der Waals surface area contributed by atoms with Crippen LogP contribution >= 0.6 is 0 Å². The predicted molar refractivity (Wildman–Crippen MR) is 195 cm³/mol. The number of nitrogens with zero attached hydrogens (tertiary/aromatic N) is 7. The summed E-state index contributed by atoms with van der Waals surface area (Å²) < 4.78 is 2.12. The van der Waals surface area contributed by atoms with Gasteiger partial charge in [0.15, 0.2) is 29.1 Å². The second kappa shape index (κ2) is 12.1. The van der Waals surface area contributed by atoms with E-state index in [4.69, 9.17) is 29.9 Å². The largest absolute Gasteiger partial charge is 0.278 e. The number of hydrogen-bond donors (Lipinski definition) is 0. The Kier molecular flexibility index (Phi) is 6.98. The molecule has 0 atom stereocenters. The second-order valence-corrected chi connectivity index (χ2v) is 11.6. The molecule has 3 aromatic heterocycles. The SMILES string of the molecule is c1ccc(-c2nc(-c3ccccc3)nc(-c3cccc4c3c3ccccc3n4-c3nc(-c4ccccc4)nc(-c4ccccc4)n3)n2)cc1. The highest BCUT2D eigenvalue weighted by Crippen LogP contribution is 2.38. The highest BCUT2D eigenvalue weighted by Gasteiger charge is 2.21. The predicted octanol–water partition coefficient (Wildman–Crippen LogP) is 9.49. The number of para-hydroxylation sites is 1. The van der Waals surface area contributed by atoms with Crippen LogP contribution in [0.4, 0.5) is 0 Å². The first kappa shape index (κ1) is 28.4. The van der Waals surface area contributed by atoms with Gasteiger partial charge in [-0.2, -0.15) is 9.97 Å². The normalized spacial score (nSPS) is 11.3. The lowest BCUT2D eigenvalue weighted by atomic mass is 10.1. The Balaban J connectivity index is 1.32. The Morgan fingerprint density at radius 3 is 1.18 bits per heavy atom. The molecular formula is C42H27N7. The standard InChI is InChI=1S/C42H27N7/c1-5-16-28(17-6-1)37-43-38(29-18-7-2-8-19-29)46-41(45-37)33-25-15-27-35-36(33)32-24-13-14-26-34(32)49(35)42-47-39(30-20-9-3-10-21-30)44-40(48-42)31-22-11-4-12-23-31/h1-27H. The molecule has 230 valence electrons. The van der Waals surface area contributed by atoms with Gasteiger partial charge in [0.1, 0.15) is 0 Å². The Morgan fingerprint density at radius 1 is 0.306 bits per heavy atom. The Morgan fingerprint density at radius 2 is 0.694 bits per heavy atom. The maximum atomic E-state index is 5.08. The molecule has 0 saturated carbocycles. The number of benzene rings is 6. The highest BCUT2D eigenvalue weighted by molar-refractivity contribution is 6.15. The first-order valence-corrected chi connectivity index (χ1v) is 16.1. The Bertz CT molecular complexity index is 2470. The highest BCUT2D eigenvalue weighted by atomic mass is 15.2. The van der Waals surface area contributed by atoms with Crippen molar-refractivity contribution in [3.05, 3.63) is 164 Å². The van der Waals surface area contributed by atoms with Gasteiger partial charge in [-0.1, -0.05) is 152 Å². The van der Waals surface area contributed by atoms with E-state index in [9.17, 15) is 0 Å². The summed E-state index contributed by atoms with van der Waals surface area (Å²) in [5.41, 5.74) is 6.47. The third-order valence-corrected chi connectivity index (χ3v) is 8.53. The molecule has 0 aliphatic rings. The quantitative estimate of drug-likeness (QED) is 0.182. The minimum absolute atomic E-state index is 0.529. The molecule has 9 rings (SSSR count). The summed E-state index contributed by atoms with van der Waals surface area (Å²) in [6.07, 6.45) is 0. The zero-order valence-electron chi connectivity index (χ0n) is 26.2. The molecule has 0 aliphatic heterocycles. The fraction of sp³-hybridized carbons (Fsp3) is 0. The van der Waals surface area contributed by atoms with Crippen LogP contribution in [0.3, 0.4) is 0 Å². The minimum Gasteiger partial charge on any atom is -0.278 e. The van der Waals surface area contributed by atoms with Crippen LogP contribution in [0.25, 0.3) is 84.7 Å². The summed E-state index contributed by atoms with van der Waals surface area (Å²) >= 11 is 0. The van der Waals surface area contributed by atoms with Crippen LogP contribution in [0.2, 0.25) is 0 Å². The van der Waals surface area contributed by atoms with E-state index in [2.05, 4.69) is 34.9 Å². The smallest absolute Gasteiger partial charge is 0.238 e. The van der Waals surface area contributed by atoms with Gasteiger partial charge in [-0.25, -0.2) is 19.9 Å². The zero-order chi connectivity index (χ0) is 32.6. The molecule has 6 aromatic carbocycles. The van der Waals surface area contributed by atoms with Gasteiger partial charge in [-0.15, -0.1) is 0 Å².